The first-order valence-electron chi connectivity index (χ1n) is 8.30. The molecule has 6 heteroatoms. The minimum absolute atomic E-state index is 0.0248. The van der Waals surface area contributed by atoms with Crippen LogP contribution in [-0.4, -0.2) is 41.8 Å². The Morgan fingerprint density at radius 1 is 1.35 bits per heavy atom. The zero-order chi connectivity index (χ0) is 16.2. The number of para-hydroxylation sites is 1. The Bertz CT molecular complexity index is 563. The summed E-state index contributed by atoms with van der Waals surface area (Å²) in [6.07, 6.45) is 4.45. The fraction of sp³-hybridized carbons (Fsp3) is 0.588. The summed E-state index contributed by atoms with van der Waals surface area (Å²) < 4.78 is 5.64. The topological polar surface area (TPSA) is 61.8 Å². The second kappa shape index (κ2) is 7.41. The molecule has 1 atom stereocenters. The van der Waals surface area contributed by atoms with Crippen molar-refractivity contribution in [2.24, 2.45) is 0 Å². The SMILES string of the molecule is O=C(NC1CCOc2c(Cl)cccc21)N(CCCCO)C1CC1. The second-order valence-electron chi connectivity index (χ2n) is 6.15. The van der Waals surface area contributed by atoms with Crippen LogP contribution in [0.2, 0.25) is 5.02 Å². The molecule has 3 rings (SSSR count). The van der Waals surface area contributed by atoms with Crippen LogP contribution in [0, 0.1) is 0 Å². The van der Waals surface area contributed by atoms with Crippen molar-refractivity contribution in [3.05, 3.63) is 28.8 Å². The first-order chi connectivity index (χ1) is 11.2. The molecule has 2 N–H and O–H groups in total. The molecule has 1 aromatic rings. The highest BCUT2D eigenvalue weighted by molar-refractivity contribution is 6.32. The number of nitrogens with zero attached hydrogens (tertiary/aromatic N) is 1. The predicted molar refractivity (Wildman–Crippen MR) is 88.9 cm³/mol. The van der Waals surface area contributed by atoms with E-state index in [0.29, 0.717) is 30.0 Å². The number of urea groups is 1. The van der Waals surface area contributed by atoms with Crippen molar-refractivity contribution in [2.45, 2.75) is 44.2 Å². The van der Waals surface area contributed by atoms with Gasteiger partial charge >= 0.3 is 6.03 Å². The van der Waals surface area contributed by atoms with Crippen LogP contribution in [0.5, 0.6) is 5.75 Å². The minimum atomic E-state index is -0.0657. The number of fused-ring (bicyclic) bond motifs is 1. The molecule has 2 amide bonds. The van der Waals surface area contributed by atoms with E-state index in [-0.39, 0.29) is 18.7 Å². The van der Waals surface area contributed by atoms with E-state index in [2.05, 4.69) is 5.32 Å². The van der Waals surface area contributed by atoms with Crippen LogP contribution in [0.1, 0.15) is 43.7 Å². The number of carbonyl (C=O) groups excluding carboxylic acids is 1. The molecule has 0 radical (unpaired) electrons. The van der Waals surface area contributed by atoms with Gasteiger partial charge in [-0.3, -0.25) is 0 Å². The van der Waals surface area contributed by atoms with Crippen LogP contribution in [0.15, 0.2) is 18.2 Å². The lowest BCUT2D eigenvalue weighted by Gasteiger charge is -2.30. The van der Waals surface area contributed by atoms with E-state index in [9.17, 15) is 4.79 Å². The predicted octanol–water partition coefficient (Wildman–Crippen LogP) is 3.11. The van der Waals surface area contributed by atoms with Gasteiger partial charge in [0.2, 0.25) is 0 Å². The summed E-state index contributed by atoms with van der Waals surface area (Å²) in [4.78, 5) is 14.6. The normalized spacial score (nSPS) is 19.7. The largest absolute Gasteiger partial charge is 0.492 e. The van der Waals surface area contributed by atoms with Crippen molar-refractivity contribution in [3.63, 3.8) is 0 Å². The van der Waals surface area contributed by atoms with E-state index in [1.807, 2.05) is 17.0 Å². The van der Waals surface area contributed by atoms with Crippen LogP contribution in [-0.2, 0) is 0 Å². The molecular weight excluding hydrogens is 316 g/mol. The highest BCUT2D eigenvalue weighted by Crippen LogP contribution is 2.37. The van der Waals surface area contributed by atoms with Gasteiger partial charge in [-0.05, 0) is 31.7 Å². The molecule has 2 aliphatic rings. The second-order valence-corrected chi connectivity index (χ2v) is 6.56. The summed E-state index contributed by atoms with van der Waals surface area (Å²) in [6.45, 7) is 1.42. The third-order valence-electron chi connectivity index (χ3n) is 4.38. The lowest BCUT2D eigenvalue weighted by atomic mass is 10.0. The van der Waals surface area contributed by atoms with Gasteiger partial charge in [0.1, 0.15) is 5.75 Å². The number of benzene rings is 1. The van der Waals surface area contributed by atoms with Gasteiger partial charge in [-0.25, -0.2) is 4.79 Å². The van der Waals surface area contributed by atoms with Gasteiger partial charge in [0.25, 0.3) is 0 Å². The molecule has 5 nitrogen and oxygen atoms in total. The van der Waals surface area contributed by atoms with E-state index in [1.54, 1.807) is 6.07 Å². The number of carbonyl (C=O) groups is 1. The molecule has 1 fully saturated rings. The van der Waals surface area contributed by atoms with Crippen molar-refractivity contribution in [2.75, 3.05) is 19.8 Å². The molecule has 1 heterocycles. The van der Waals surface area contributed by atoms with Crippen molar-refractivity contribution in [1.29, 1.82) is 0 Å². The maximum Gasteiger partial charge on any atom is 0.318 e. The minimum Gasteiger partial charge on any atom is -0.492 e. The average molecular weight is 339 g/mol. The smallest absolute Gasteiger partial charge is 0.318 e. The Kier molecular flexibility index (Phi) is 5.28. The number of rotatable bonds is 6. The van der Waals surface area contributed by atoms with Gasteiger partial charge in [0.05, 0.1) is 17.7 Å². The lowest BCUT2D eigenvalue weighted by molar-refractivity contribution is 0.180. The van der Waals surface area contributed by atoms with E-state index in [0.717, 1.165) is 37.7 Å². The molecule has 1 unspecified atom stereocenters. The summed E-state index contributed by atoms with van der Waals surface area (Å²) in [7, 11) is 0. The van der Waals surface area contributed by atoms with E-state index < -0.39 is 0 Å². The molecule has 1 aromatic carbocycles. The Hall–Kier alpha value is -1.46. The molecule has 126 valence electrons. The number of hydrogen-bond donors (Lipinski definition) is 2. The number of halogens is 1. The summed E-state index contributed by atoms with van der Waals surface area (Å²) >= 11 is 6.18. The number of amides is 2. The number of hydrogen-bond acceptors (Lipinski definition) is 3. The first-order valence-corrected chi connectivity index (χ1v) is 8.67. The number of ether oxygens (including phenoxy) is 1. The Morgan fingerprint density at radius 2 is 2.17 bits per heavy atom. The molecule has 0 spiro atoms. The molecule has 1 aliphatic heterocycles. The molecule has 0 aromatic heterocycles. The summed E-state index contributed by atoms with van der Waals surface area (Å²) in [5.74, 6) is 0.684. The molecule has 23 heavy (non-hydrogen) atoms. The maximum absolute atomic E-state index is 12.7. The Labute approximate surface area is 141 Å². The van der Waals surface area contributed by atoms with E-state index in [4.69, 9.17) is 21.4 Å². The fourth-order valence-corrected chi connectivity index (χ4v) is 3.23. The highest BCUT2D eigenvalue weighted by Gasteiger charge is 2.34. The lowest BCUT2D eigenvalue weighted by Crippen LogP contribution is -2.44. The van der Waals surface area contributed by atoms with Crippen molar-refractivity contribution in [3.8, 4) is 5.75 Å². The Balaban J connectivity index is 1.66. The fourth-order valence-electron chi connectivity index (χ4n) is 3.00. The van der Waals surface area contributed by atoms with Gasteiger partial charge < -0.3 is 20.1 Å². The number of aliphatic hydroxyl groups excluding tert-OH is 1. The van der Waals surface area contributed by atoms with Crippen molar-refractivity contribution in [1.82, 2.24) is 10.2 Å². The van der Waals surface area contributed by atoms with Crippen LogP contribution >= 0.6 is 11.6 Å². The van der Waals surface area contributed by atoms with E-state index in [1.165, 1.54) is 0 Å². The number of nitrogens with one attached hydrogen (secondary N) is 1. The molecule has 0 bridgehead atoms. The van der Waals surface area contributed by atoms with Crippen molar-refractivity contribution >= 4 is 17.6 Å². The Morgan fingerprint density at radius 3 is 2.91 bits per heavy atom. The van der Waals surface area contributed by atoms with Gasteiger partial charge in [0.15, 0.2) is 0 Å². The standard InChI is InChI=1S/C17H23ClN2O3/c18-14-5-3-4-13-15(8-11-23-16(13)14)19-17(22)20(12-6-7-12)9-1-2-10-21/h3-5,12,15,21H,1-2,6-11H2,(H,19,22). The van der Waals surface area contributed by atoms with Crippen LogP contribution in [0.25, 0.3) is 0 Å². The van der Waals surface area contributed by atoms with Gasteiger partial charge in [-0.15, -0.1) is 0 Å². The molecule has 0 saturated heterocycles. The third-order valence-corrected chi connectivity index (χ3v) is 4.68. The number of unbranched alkanes of at least 4 members (excludes halogenated alkanes) is 1. The van der Waals surface area contributed by atoms with Crippen LogP contribution in [0.3, 0.4) is 0 Å². The van der Waals surface area contributed by atoms with Crippen molar-refractivity contribution < 1.29 is 14.6 Å². The monoisotopic (exact) mass is 338 g/mol. The molecule has 1 aliphatic carbocycles. The highest BCUT2D eigenvalue weighted by atomic mass is 35.5. The van der Waals surface area contributed by atoms with Gasteiger partial charge in [-0.2, -0.15) is 0 Å². The van der Waals surface area contributed by atoms with Gasteiger partial charge in [0, 0.05) is 31.2 Å². The average Bonchev–Trinajstić information content (AvgIpc) is 3.37. The molecular formula is C17H23ClN2O3. The zero-order valence-corrected chi connectivity index (χ0v) is 13.9. The summed E-state index contributed by atoms with van der Waals surface area (Å²) in [5, 5.41) is 12.6. The summed E-state index contributed by atoms with van der Waals surface area (Å²) in [6, 6.07) is 5.91. The summed E-state index contributed by atoms with van der Waals surface area (Å²) in [5.41, 5.74) is 0.947. The van der Waals surface area contributed by atoms with Gasteiger partial charge in [-0.1, -0.05) is 23.7 Å². The first kappa shape index (κ1) is 16.4. The van der Waals surface area contributed by atoms with E-state index >= 15 is 0 Å². The quantitative estimate of drug-likeness (QED) is 0.783. The van der Waals surface area contributed by atoms with Crippen LogP contribution in [0.4, 0.5) is 4.79 Å². The number of aliphatic hydroxyl groups is 1. The van der Waals surface area contributed by atoms with Crippen LogP contribution < -0.4 is 10.1 Å². The molecule has 1 saturated carbocycles. The maximum atomic E-state index is 12.7. The third kappa shape index (κ3) is 3.90. The zero-order valence-electron chi connectivity index (χ0n) is 13.1.